The molecule has 1 saturated heterocycles. The zero-order valence-electron chi connectivity index (χ0n) is 11.4. The first-order valence-electron chi connectivity index (χ1n) is 6.97. The Labute approximate surface area is 134 Å². The monoisotopic (exact) mass is 322 g/mol. The highest BCUT2D eigenvalue weighted by Crippen LogP contribution is 2.34. The normalized spacial score (nSPS) is 19.4. The summed E-state index contributed by atoms with van der Waals surface area (Å²) in [6, 6.07) is 11.8. The fourth-order valence-corrected chi connectivity index (χ4v) is 3.05. The zero-order valence-corrected chi connectivity index (χ0v) is 12.9. The predicted molar refractivity (Wildman–Crippen MR) is 85.0 cm³/mol. The van der Waals surface area contributed by atoms with Crippen LogP contribution in [0.25, 0.3) is 0 Å². The smallest absolute Gasteiger partial charge is 0.233 e. The number of halogens is 2. The molecule has 0 bridgehead atoms. The molecule has 2 aromatic rings. The topological polar surface area (TPSA) is 34.1 Å². The first kappa shape index (κ1) is 14.6. The lowest BCUT2D eigenvalue weighted by Crippen LogP contribution is -2.21. The van der Waals surface area contributed by atoms with E-state index < -0.39 is 0 Å². The van der Waals surface area contributed by atoms with Gasteiger partial charge >= 0.3 is 0 Å². The fraction of sp³-hybridized carbons (Fsp3) is 0.312. The summed E-state index contributed by atoms with van der Waals surface area (Å²) in [5.41, 5.74) is 1.14. The minimum atomic E-state index is -0.0626. The lowest BCUT2D eigenvalue weighted by atomic mass is 9.95. The van der Waals surface area contributed by atoms with Crippen LogP contribution in [0.4, 0.5) is 0 Å². The molecule has 21 heavy (non-hydrogen) atoms. The van der Waals surface area contributed by atoms with Crippen LogP contribution in [-0.4, -0.2) is 18.1 Å². The molecule has 110 valence electrons. The second kappa shape index (κ2) is 6.65. The van der Waals surface area contributed by atoms with E-state index in [1.54, 1.807) is 12.3 Å². The maximum atomic E-state index is 6.18. The fourth-order valence-electron chi connectivity index (χ4n) is 2.62. The minimum Gasteiger partial charge on any atom is -0.468 e. The molecule has 0 saturated carbocycles. The maximum Gasteiger partial charge on any atom is 0.233 e. The number of ether oxygens (including phenoxy) is 1. The first-order chi connectivity index (χ1) is 10.2. The molecule has 1 unspecified atom stereocenters. The van der Waals surface area contributed by atoms with Crippen molar-refractivity contribution in [3.05, 3.63) is 58.2 Å². The van der Waals surface area contributed by atoms with Gasteiger partial charge < -0.3 is 10.1 Å². The number of rotatable bonds is 4. The van der Waals surface area contributed by atoms with E-state index in [1.165, 1.54) is 0 Å². The predicted octanol–water partition coefficient (Wildman–Crippen LogP) is 4.12. The molecular formula is C16H16Cl2N2O. The first-order valence-corrected chi connectivity index (χ1v) is 7.73. The molecule has 0 radical (unpaired) electrons. The molecule has 1 aromatic heterocycles. The third-order valence-corrected chi connectivity index (χ3v) is 4.14. The number of aromatic nitrogens is 1. The second-order valence-corrected chi connectivity index (χ2v) is 5.99. The molecule has 5 heteroatoms. The summed E-state index contributed by atoms with van der Waals surface area (Å²) in [5, 5.41) is 4.32. The van der Waals surface area contributed by atoms with Crippen molar-refractivity contribution in [1.82, 2.24) is 10.3 Å². The molecule has 0 spiro atoms. The molecule has 3 rings (SSSR count). The third-order valence-electron chi connectivity index (χ3n) is 3.67. The van der Waals surface area contributed by atoms with Crippen molar-refractivity contribution in [3.63, 3.8) is 0 Å². The lowest BCUT2D eigenvalue weighted by Gasteiger charge is -2.24. The van der Waals surface area contributed by atoms with E-state index >= 15 is 0 Å². The minimum absolute atomic E-state index is 0.0626. The Bertz CT molecular complexity index is 600. The largest absolute Gasteiger partial charge is 0.468 e. The van der Waals surface area contributed by atoms with Crippen LogP contribution in [0.5, 0.6) is 5.88 Å². The van der Waals surface area contributed by atoms with Gasteiger partial charge in [-0.1, -0.05) is 53.5 Å². The summed E-state index contributed by atoms with van der Waals surface area (Å²) in [7, 11) is 0. The SMILES string of the molecule is Clc1cnc(O[C@H](c2ccccc2)C2CCNC2)c(Cl)c1. The van der Waals surface area contributed by atoms with Crippen LogP contribution in [0, 0.1) is 5.92 Å². The van der Waals surface area contributed by atoms with Crippen molar-refractivity contribution >= 4 is 23.2 Å². The van der Waals surface area contributed by atoms with E-state index in [4.69, 9.17) is 27.9 Å². The Balaban J connectivity index is 1.88. The highest BCUT2D eigenvalue weighted by molar-refractivity contribution is 6.35. The van der Waals surface area contributed by atoms with Gasteiger partial charge in [0.25, 0.3) is 0 Å². The summed E-state index contributed by atoms with van der Waals surface area (Å²) in [4.78, 5) is 4.21. The highest BCUT2D eigenvalue weighted by Gasteiger charge is 2.28. The summed E-state index contributed by atoms with van der Waals surface area (Å²) in [6.07, 6.45) is 2.56. The molecule has 0 amide bonds. The molecule has 1 fully saturated rings. The number of hydrogen-bond donors (Lipinski definition) is 1. The van der Waals surface area contributed by atoms with Crippen molar-refractivity contribution in [3.8, 4) is 5.88 Å². The molecule has 0 aliphatic carbocycles. The van der Waals surface area contributed by atoms with E-state index in [2.05, 4.69) is 22.4 Å². The van der Waals surface area contributed by atoms with Crippen molar-refractivity contribution in [2.24, 2.45) is 5.92 Å². The van der Waals surface area contributed by atoms with Gasteiger partial charge in [-0.05, 0) is 24.6 Å². The quantitative estimate of drug-likeness (QED) is 0.919. The van der Waals surface area contributed by atoms with Gasteiger partial charge in [0, 0.05) is 18.7 Å². The molecule has 2 atom stereocenters. The Kier molecular flexibility index (Phi) is 4.63. The molecule has 1 aromatic carbocycles. The van der Waals surface area contributed by atoms with E-state index in [1.807, 2.05) is 18.2 Å². The van der Waals surface area contributed by atoms with Crippen LogP contribution >= 0.6 is 23.2 Å². The van der Waals surface area contributed by atoms with Gasteiger partial charge in [0.1, 0.15) is 11.1 Å². The Morgan fingerprint density at radius 1 is 1.24 bits per heavy atom. The number of pyridine rings is 1. The summed E-state index contributed by atoms with van der Waals surface area (Å²) >= 11 is 12.1. The van der Waals surface area contributed by atoms with E-state index in [9.17, 15) is 0 Å². The standard InChI is InChI=1S/C16H16Cl2N2O/c17-13-8-14(18)16(20-10-13)21-15(12-6-7-19-9-12)11-4-2-1-3-5-11/h1-5,8,10,12,15,19H,6-7,9H2/t12?,15-/m1/s1. The van der Waals surface area contributed by atoms with Gasteiger partial charge in [0.05, 0.1) is 5.02 Å². The average molecular weight is 323 g/mol. The second-order valence-electron chi connectivity index (χ2n) is 5.14. The Hall–Kier alpha value is -1.29. The van der Waals surface area contributed by atoms with Crippen molar-refractivity contribution in [2.45, 2.75) is 12.5 Å². The number of nitrogens with one attached hydrogen (secondary N) is 1. The van der Waals surface area contributed by atoms with Gasteiger partial charge in [-0.25, -0.2) is 4.98 Å². The van der Waals surface area contributed by atoms with E-state index in [0.717, 1.165) is 25.1 Å². The van der Waals surface area contributed by atoms with E-state index in [0.29, 0.717) is 21.8 Å². The molecule has 1 aliphatic heterocycles. The van der Waals surface area contributed by atoms with Crippen molar-refractivity contribution < 1.29 is 4.74 Å². The number of benzene rings is 1. The van der Waals surface area contributed by atoms with Crippen molar-refractivity contribution in [2.75, 3.05) is 13.1 Å². The summed E-state index contributed by atoms with van der Waals surface area (Å²) in [6.45, 7) is 1.95. The van der Waals surface area contributed by atoms with Crippen molar-refractivity contribution in [1.29, 1.82) is 0 Å². The molecule has 1 N–H and O–H groups in total. The third kappa shape index (κ3) is 3.49. The van der Waals surface area contributed by atoms with Gasteiger partial charge in [0.15, 0.2) is 0 Å². The average Bonchev–Trinajstić information content (AvgIpc) is 3.01. The van der Waals surface area contributed by atoms with Crippen LogP contribution in [0.3, 0.4) is 0 Å². The van der Waals surface area contributed by atoms with Crippen LogP contribution in [0.1, 0.15) is 18.1 Å². The number of hydrogen-bond acceptors (Lipinski definition) is 3. The van der Waals surface area contributed by atoms with E-state index in [-0.39, 0.29) is 6.10 Å². The van der Waals surface area contributed by atoms with Crippen LogP contribution in [-0.2, 0) is 0 Å². The molecule has 3 nitrogen and oxygen atoms in total. The highest BCUT2D eigenvalue weighted by atomic mass is 35.5. The molecular weight excluding hydrogens is 307 g/mol. The van der Waals surface area contributed by atoms with Gasteiger partial charge in [-0.2, -0.15) is 0 Å². The Morgan fingerprint density at radius 2 is 2.05 bits per heavy atom. The van der Waals surface area contributed by atoms with Crippen LogP contribution in [0.15, 0.2) is 42.6 Å². The summed E-state index contributed by atoms with van der Waals surface area (Å²) in [5.74, 6) is 0.836. The van der Waals surface area contributed by atoms with Crippen LogP contribution in [0.2, 0.25) is 10.0 Å². The lowest BCUT2D eigenvalue weighted by molar-refractivity contribution is 0.138. The number of nitrogens with zero attached hydrogens (tertiary/aromatic N) is 1. The summed E-state index contributed by atoms with van der Waals surface area (Å²) < 4.78 is 6.13. The maximum absolute atomic E-state index is 6.18. The molecule has 2 heterocycles. The zero-order chi connectivity index (χ0) is 14.7. The van der Waals surface area contributed by atoms with Crippen LogP contribution < -0.4 is 10.1 Å². The van der Waals surface area contributed by atoms with Gasteiger partial charge in [-0.3, -0.25) is 0 Å². The van der Waals surface area contributed by atoms with Gasteiger partial charge in [-0.15, -0.1) is 0 Å². The van der Waals surface area contributed by atoms with Gasteiger partial charge in [0.2, 0.25) is 5.88 Å². The molecule has 1 aliphatic rings. The Morgan fingerprint density at radius 3 is 2.71 bits per heavy atom.